The van der Waals surface area contributed by atoms with Gasteiger partial charge in [-0.25, -0.2) is 4.39 Å². The number of hydrogen-bond acceptors (Lipinski definition) is 6. The first-order chi connectivity index (χ1) is 12.8. The van der Waals surface area contributed by atoms with Crippen LogP contribution in [0.2, 0.25) is 5.02 Å². The number of halogens is 2. The molecule has 0 atom stereocenters. The summed E-state index contributed by atoms with van der Waals surface area (Å²) in [7, 11) is 1.96. The molecule has 1 aliphatic rings. The van der Waals surface area contributed by atoms with Crippen LogP contribution in [0.15, 0.2) is 18.2 Å². The van der Waals surface area contributed by atoms with Crippen LogP contribution in [0.4, 0.5) is 15.1 Å². The molecular formula is C17H16ClFN4O3S. The molecule has 0 radical (unpaired) electrons. The van der Waals surface area contributed by atoms with Crippen molar-refractivity contribution in [1.29, 1.82) is 0 Å². The van der Waals surface area contributed by atoms with Crippen LogP contribution < -0.4 is 16.4 Å². The summed E-state index contributed by atoms with van der Waals surface area (Å²) in [6, 6.07) is 3.55. The largest absolute Gasteiger partial charge is 0.390 e. The highest BCUT2D eigenvalue weighted by molar-refractivity contribution is 7.16. The van der Waals surface area contributed by atoms with Gasteiger partial charge in [-0.05, 0) is 37.2 Å². The third-order valence-electron chi connectivity index (χ3n) is 4.11. The van der Waals surface area contributed by atoms with Crippen molar-refractivity contribution in [3.05, 3.63) is 45.0 Å². The van der Waals surface area contributed by atoms with Crippen LogP contribution in [0, 0.1) is 5.82 Å². The Morgan fingerprint density at radius 2 is 2.04 bits per heavy atom. The number of hydrogen-bond donors (Lipinski definition) is 3. The molecule has 0 spiro atoms. The number of imide groups is 1. The maximum absolute atomic E-state index is 13.4. The predicted molar refractivity (Wildman–Crippen MR) is 101 cm³/mol. The monoisotopic (exact) mass is 410 g/mol. The molecule has 10 heteroatoms. The van der Waals surface area contributed by atoms with Gasteiger partial charge in [-0.15, -0.1) is 11.3 Å². The number of carbonyl (C=O) groups is 3. The third-order valence-corrected chi connectivity index (χ3v) is 5.47. The molecule has 0 unspecified atom stereocenters. The van der Waals surface area contributed by atoms with E-state index in [1.807, 2.05) is 12.4 Å². The number of thiophene rings is 1. The van der Waals surface area contributed by atoms with Crippen LogP contribution in [0.25, 0.3) is 0 Å². The molecule has 27 heavy (non-hydrogen) atoms. The lowest BCUT2D eigenvalue weighted by molar-refractivity contribution is -0.135. The Bertz CT molecular complexity index is 947. The zero-order chi connectivity index (χ0) is 19.7. The van der Waals surface area contributed by atoms with E-state index in [4.69, 9.17) is 17.3 Å². The van der Waals surface area contributed by atoms with Crippen LogP contribution >= 0.6 is 22.9 Å². The van der Waals surface area contributed by atoms with Gasteiger partial charge in [0, 0.05) is 23.7 Å². The van der Waals surface area contributed by atoms with Crippen molar-refractivity contribution in [3.63, 3.8) is 0 Å². The van der Waals surface area contributed by atoms with E-state index in [1.165, 1.54) is 23.5 Å². The molecule has 0 bridgehead atoms. The number of amides is 3. The molecule has 2 heterocycles. The summed E-state index contributed by atoms with van der Waals surface area (Å²) in [5, 5.41) is 4.43. The van der Waals surface area contributed by atoms with E-state index >= 15 is 0 Å². The van der Waals surface area contributed by atoms with Crippen molar-refractivity contribution in [2.45, 2.75) is 13.0 Å². The van der Waals surface area contributed by atoms with E-state index in [0.29, 0.717) is 18.0 Å². The van der Waals surface area contributed by atoms with Gasteiger partial charge in [0.2, 0.25) is 0 Å². The minimum atomic E-state index is -1.16. The molecular weight excluding hydrogens is 395 g/mol. The van der Waals surface area contributed by atoms with Crippen LogP contribution in [0.5, 0.6) is 0 Å². The van der Waals surface area contributed by atoms with Crippen molar-refractivity contribution < 1.29 is 18.8 Å². The van der Waals surface area contributed by atoms with Gasteiger partial charge in [0.15, 0.2) is 0 Å². The first-order valence-electron chi connectivity index (χ1n) is 7.96. The molecule has 1 aromatic carbocycles. The van der Waals surface area contributed by atoms with Crippen LogP contribution in [-0.4, -0.2) is 36.2 Å². The number of fused-ring (bicyclic) bond motifs is 1. The molecule has 1 aromatic heterocycles. The van der Waals surface area contributed by atoms with Gasteiger partial charge in [-0.3, -0.25) is 19.7 Å². The SMILES string of the molecule is CN1CCc2c(sc(N)c2C(=O)NC(=O)C(=O)Nc2ccc(Cl)c(F)c2)C1. The average molecular weight is 411 g/mol. The van der Waals surface area contributed by atoms with Gasteiger partial charge in [-0.2, -0.15) is 0 Å². The van der Waals surface area contributed by atoms with Gasteiger partial charge >= 0.3 is 11.8 Å². The molecule has 0 fully saturated rings. The molecule has 0 aliphatic carbocycles. The lowest BCUT2D eigenvalue weighted by Gasteiger charge is -2.22. The quantitative estimate of drug-likeness (QED) is 0.657. The second-order valence-electron chi connectivity index (χ2n) is 6.10. The fraction of sp³-hybridized carbons (Fsp3) is 0.235. The zero-order valence-electron chi connectivity index (χ0n) is 14.3. The average Bonchev–Trinajstić information content (AvgIpc) is 2.92. The summed E-state index contributed by atoms with van der Waals surface area (Å²) in [6.07, 6.45) is 0.632. The highest BCUT2D eigenvalue weighted by atomic mass is 35.5. The lowest BCUT2D eigenvalue weighted by Crippen LogP contribution is -2.40. The van der Waals surface area contributed by atoms with Gasteiger partial charge in [0.05, 0.1) is 15.6 Å². The first kappa shape index (κ1) is 19.3. The van der Waals surface area contributed by atoms with Gasteiger partial charge in [0.25, 0.3) is 5.91 Å². The Balaban J connectivity index is 1.70. The highest BCUT2D eigenvalue weighted by Gasteiger charge is 2.28. The second kappa shape index (κ2) is 7.63. The Labute approximate surface area is 163 Å². The van der Waals surface area contributed by atoms with E-state index in [0.717, 1.165) is 23.1 Å². The third kappa shape index (κ3) is 4.10. The van der Waals surface area contributed by atoms with E-state index in [1.54, 1.807) is 0 Å². The Morgan fingerprint density at radius 3 is 2.74 bits per heavy atom. The summed E-state index contributed by atoms with van der Waals surface area (Å²) in [6.45, 7) is 1.44. The normalized spacial score (nSPS) is 13.7. The number of nitrogen functional groups attached to an aromatic ring is 1. The van der Waals surface area contributed by atoms with E-state index in [-0.39, 0.29) is 16.3 Å². The van der Waals surface area contributed by atoms with Gasteiger partial charge < -0.3 is 16.0 Å². The maximum Gasteiger partial charge on any atom is 0.316 e. The van der Waals surface area contributed by atoms with Crippen molar-refractivity contribution in [2.24, 2.45) is 0 Å². The summed E-state index contributed by atoms with van der Waals surface area (Å²) >= 11 is 6.86. The smallest absolute Gasteiger partial charge is 0.316 e. The molecule has 0 saturated carbocycles. The summed E-state index contributed by atoms with van der Waals surface area (Å²) < 4.78 is 13.4. The minimum Gasteiger partial charge on any atom is -0.390 e. The number of rotatable bonds is 2. The summed E-state index contributed by atoms with van der Waals surface area (Å²) in [5.74, 6) is -3.74. The Kier molecular flexibility index (Phi) is 5.45. The minimum absolute atomic E-state index is 0.0416. The fourth-order valence-electron chi connectivity index (χ4n) is 2.79. The number of carbonyl (C=O) groups excluding carboxylic acids is 3. The highest BCUT2D eigenvalue weighted by Crippen LogP contribution is 2.34. The zero-order valence-corrected chi connectivity index (χ0v) is 15.8. The van der Waals surface area contributed by atoms with Crippen molar-refractivity contribution in [3.8, 4) is 0 Å². The van der Waals surface area contributed by atoms with Crippen LogP contribution in [0.1, 0.15) is 20.8 Å². The van der Waals surface area contributed by atoms with Crippen LogP contribution in [0.3, 0.4) is 0 Å². The molecule has 142 valence electrons. The number of nitrogens with two attached hydrogens (primary N) is 1. The second-order valence-corrected chi connectivity index (χ2v) is 7.64. The summed E-state index contributed by atoms with van der Waals surface area (Å²) in [5.41, 5.74) is 7.03. The molecule has 7 nitrogen and oxygen atoms in total. The molecule has 0 saturated heterocycles. The lowest BCUT2D eigenvalue weighted by atomic mass is 10.0. The van der Waals surface area contributed by atoms with E-state index in [9.17, 15) is 18.8 Å². The van der Waals surface area contributed by atoms with Crippen molar-refractivity contribution in [1.82, 2.24) is 10.2 Å². The van der Waals surface area contributed by atoms with Gasteiger partial charge in [-0.1, -0.05) is 11.6 Å². The van der Waals surface area contributed by atoms with Crippen molar-refractivity contribution >= 4 is 51.3 Å². The van der Waals surface area contributed by atoms with Gasteiger partial charge in [0.1, 0.15) is 5.82 Å². The molecule has 3 amide bonds. The maximum atomic E-state index is 13.4. The fourth-order valence-corrected chi connectivity index (χ4v) is 4.10. The molecule has 2 aromatic rings. The summed E-state index contributed by atoms with van der Waals surface area (Å²) in [4.78, 5) is 39.5. The van der Waals surface area contributed by atoms with Crippen LogP contribution in [-0.2, 0) is 22.6 Å². The Morgan fingerprint density at radius 1 is 1.30 bits per heavy atom. The first-order valence-corrected chi connectivity index (χ1v) is 9.16. The van der Waals surface area contributed by atoms with E-state index < -0.39 is 23.5 Å². The number of anilines is 2. The molecule has 4 N–H and O–H groups in total. The number of nitrogens with zero attached hydrogens (tertiary/aromatic N) is 1. The number of nitrogens with one attached hydrogen (secondary N) is 2. The number of benzene rings is 1. The topological polar surface area (TPSA) is 105 Å². The molecule has 1 aliphatic heterocycles. The number of likely N-dealkylation sites (N-methyl/N-ethyl adjacent to an activating group) is 1. The predicted octanol–water partition coefficient (Wildman–Crippen LogP) is 2.01. The standard InChI is InChI=1S/C17H16ClFN4O3S/c1-23-5-4-9-12(7-23)27-14(20)13(9)15(24)22-17(26)16(25)21-8-2-3-10(18)11(19)6-8/h2-3,6H,4-5,7,20H2,1H3,(H,21,25)(H,22,24,26). The van der Waals surface area contributed by atoms with E-state index in [2.05, 4.69) is 10.2 Å². The molecule has 3 rings (SSSR count). The Hall–Kier alpha value is -2.49. The van der Waals surface area contributed by atoms with Crippen molar-refractivity contribution in [2.75, 3.05) is 24.6 Å².